The zero-order valence-corrected chi connectivity index (χ0v) is 10.1. The molecule has 1 unspecified atom stereocenters. The van der Waals surface area contributed by atoms with E-state index in [4.69, 9.17) is 10.5 Å². The number of hydrogen-bond donors (Lipinski definition) is 1. The number of hydrogen-bond acceptors (Lipinski definition) is 4. The second kappa shape index (κ2) is 4.74. The van der Waals surface area contributed by atoms with E-state index < -0.39 is 0 Å². The van der Waals surface area contributed by atoms with Gasteiger partial charge in [0.2, 0.25) is 0 Å². The summed E-state index contributed by atoms with van der Waals surface area (Å²) in [6.45, 7) is 1.81. The van der Waals surface area contributed by atoms with Crippen LogP contribution in [0.5, 0.6) is 0 Å². The standard InChI is InChI=1S/C12H20N4O/c13-10-4-9(5-10)6-12-15-14-8-16(12)7-11-2-1-3-17-11/h8-11H,1-7,13H2. The van der Waals surface area contributed by atoms with Crippen LogP contribution >= 0.6 is 0 Å². The molecule has 5 heteroatoms. The summed E-state index contributed by atoms with van der Waals surface area (Å²) in [7, 11) is 0. The number of rotatable bonds is 4. The predicted octanol–water partition coefficient (Wildman–Crippen LogP) is 0.737. The highest BCUT2D eigenvalue weighted by Gasteiger charge is 2.28. The van der Waals surface area contributed by atoms with E-state index in [0.29, 0.717) is 18.1 Å². The number of nitrogens with two attached hydrogens (primary N) is 1. The van der Waals surface area contributed by atoms with Crippen molar-refractivity contribution in [1.29, 1.82) is 0 Å². The Labute approximate surface area is 101 Å². The average molecular weight is 236 g/mol. The van der Waals surface area contributed by atoms with E-state index in [1.54, 1.807) is 0 Å². The van der Waals surface area contributed by atoms with Crippen LogP contribution in [0.15, 0.2) is 6.33 Å². The number of ether oxygens (including phenoxy) is 1. The van der Waals surface area contributed by atoms with Gasteiger partial charge in [-0.15, -0.1) is 10.2 Å². The van der Waals surface area contributed by atoms with E-state index >= 15 is 0 Å². The highest BCUT2D eigenvalue weighted by Crippen LogP contribution is 2.28. The van der Waals surface area contributed by atoms with Crippen LogP contribution in [0.1, 0.15) is 31.5 Å². The van der Waals surface area contributed by atoms with E-state index in [-0.39, 0.29) is 0 Å². The van der Waals surface area contributed by atoms with Crippen LogP contribution in [0.2, 0.25) is 0 Å². The fourth-order valence-electron chi connectivity index (χ4n) is 2.81. The summed E-state index contributed by atoms with van der Waals surface area (Å²) < 4.78 is 7.80. The Hall–Kier alpha value is -0.940. The number of nitrogens with zero attached hydrogens (tertiary/aromatic N) is 3. The minimum absolute atomic E-state index is 0.355. The van der Waals surface area contributed by atoms with Crippen molar-refractivity contribution in [2.45, 2.75) is 50.8 Å². The SMILES string of the molecule is NC1CC(Cc2nncn2CC2CCCO2)C1. The molecule has 1 aliphatic heterocycles. The Balaban J connectivity index is 1.58. The van der Waals surface area contributed by atoms with Gasteiger partial charge >= 0.3 is 0 Å². The van der Waals surface area contributed by atoms with E-state index in [1.165, 1.54) is 6.42 Å². The molecule has 0 bridgehead atoms. The van der Waals surface area contributed by atoms with Crippen LogP contribution in [-0.2, 0) is 17.7 Å². The van der Waals surface area contributed by atoms with Gasteiger partial charge in [-0.1, -0.05) is 0 Å². The average Bonchev–Trinajstić information content (AvgIpc) is 2.89. The van der Waals surface area contributed by atoms with E-state index in [0.717, 1.165) is 44.7 Å². The third-order valence-corrected chi connectivity index (χ3v) is 3.86. The predicted molar refractivity (Wildman–Crippen MR) is 63.4 cm³/mol. The molecule has 2 aliphatic rings. The molecule has 3 rings (SSSR count). The first-order valence-corrected chi connectivity index (χ1v) is 6.55. The van der Waals surface area contributed by atoms with Crippen LogP contribution in [0.25, 0.3) is 0 Å². The molecule has 2 N–H and O–H groups in total. The van der Waals surface area contributed by atoms with Crippen molar-refractivity contribution in [2.75, 3.05) is 6.61 Å². The molecule has 0 aromatic carbocycles. The second-order valence-electron chi connectivity index (χ2n) is 5.34. The maximum Gasteiger partial charge on any atom is 0.133 e. The molecule has 1 atom stereocenters. The smallest absolute Gasteiger partial charge is 0.133 e. The molecule has 0 spiro atoms. The highest BCUT2D eigenvalue weighted by atomic mass is 16.5. The lowest BCUT2D eigenvalue weighted by atomic mass is 9.78. The zero-order valence-electron chi connectivity index (χ0n) is 10.1. The Morgan fingerprint density at radius 2 is 2.35 bits per heavy atom. The maximum atomic E-state index is 5.81. The molecule has 0 amide bonds. The summed E-state index contributed by atoms with van der Waals surface area (Å²) in [4.78, 5) is 0. The van der Waals surface area contributed by atoms with Crippen molar-refractivity contribution in [3.05, 3.63) is 12.2 Å². The van der Waals surface area contributed by atoms with Crippen molar-refractivity contribution in [2.24, 2.45) is 11.7 Å². The fraction of sp³-hybridized carbons (Fsp3) is 0.833. The fourth-order valence-corrected chi connectivity index (χ4v) is 2.81. The number of aromatic nitrogens is 3. The van der Waals surface area contributed by atoms with Crippen molar-refractivity contribution in [3.8, 4) is 0 Å². The van der Waals surface area contributed by atoms with Crippen molar-refractivity contribution >= 4 is 0 Å². The molecule has 17 heavy (non-hydrogen) atoms. The quantitative estimate of drug-likeness (QED) is 0.837. The minimum atomic E-state index is 0.355. The second-order valence-corrected chi connectivity index (χ2v) is 5.34. The van der Waals surface area contributed by atoms with Gasteiger partial charge < -0.3 is 15.0 Å². The maximum absolute atomic E-state index is 5.81. The van der Waals surface area contributed by atoms with E-state index in [2.05, 4.69) is 14.8 Å². The van der Waals surface area contributed by atoms with Gasteiger partial charge in [0.05, 0.1) is 12.6 Å². The topological polar surface area (TPSA) is 66.0 Å². The van der Waals surface area contributed by atoms with Gasteiger partial charge in [-0.05, 0) is 31.6 Å². The summed E-state index contributed by atoms with van der Waals surface area (Å²) in [6, 6.07) is 0.412. The molecule has 94 valence electrons. The van der Waals surface area contributed by atoms with Gasteiger partial charge in [-0.2, -0.15) is 0 Å². The normalized spacial score (nSPS) is 32.6. The van der Waals surface area contributed by atoms with Crippen LogP contribution in [0, 0.1) is 5.92 Å². The van der Waals surface area contributed by atoms with Crippen LogP contribution in [-0.4, -0.2) is 33.5 Å². The molecular formula is C12H20N4O. The Morgan fingerprint density at radius 3 is 3.06 bits per heavy atom. The molecule has 2 heterocycles. The lowest BCUT2D eigenvalue weighted by Gasteiger charge is -2.32. The molecule has 1 aromatic heterocycles. The molecule has 1 aromatic rings. The van der Waals surface area contributed by atoms with Gasteiger partial charge in [0.25, 0.3) is 0 Å². The monoisotopic (exact) mass is 236 g/mol. The molecule has 5 nitrogen and oxygen atoms in total. The lowest BCUT2D eigenvalue weighted by molar-refractivity contribution is 0.0957. The van der Waals surface area contributed by atoms with E-state index in [9.17, 15) is 0 Å². The molecule has 1 saturated heterocycles. The van der Waals surface area contributed by atoms with Gasteiger partial charge in [-0.25, -0.2) is 0 Å². The van der Waals surface area contributed by atoms with Gasteiger partial charge in [-0.3, -0.25) is 0 Å². The van der Waals surface area contributed by atoms with Crippen LogP contribution in [0.4, 0.5) is 0 Å². The molecule has 2 fully saturated rings. The van der Waals surface area contributed by atoms with Crippen LogP contribution in [0.3, 0.4) is 0 Å². The van der Waals surface area contributed by atoms with Crippen molar-refractivity contribution < 1.29 is 4.74 Å². The van der Waals surface area contributed by atoms with Gasteiger partial charge in [0.1, 0.15) is 12.2 Å². The van der Waals surface area contributed by atoms with Gasteiger partial charge in [0.15, 0.2) is 0 Å². The summed E-state index contributed by atoms with van der Waals surface area (Å²) in [5.41, 5.74) is 5.81. The largest absolute Gasteiger partial charge is 0.376 e. The Bertz CT molecular complexity index is 366. The van der Waals surface area contributed by atoms with Gasteiger partial charge in [0, 0.05) is 19.1 Å². The van der Waals surface area contributed by atoms with Crippen molar-refractivity contribution in [1.82, 2.24) is 14.8 Å². The summed E-state index contributed by atoms with van der Waals surface area (Å²) in [5.74, 6) is 1.80. The third-order valence-electron chi connectivity index (χ3n) is 3.86. The van der Waals surface area contributed by atoms with E-state index in [1.807, 2.05) is 6.33 Å². The Kier molecular flexibility index (Phi) is 3.11. The van der Waals surface area contributed by atoms with Crippen LogP contribution < -0.4 is 5.73 Å². The molecule has 1 aliphatic carbocycles. The molecule has 0 radical (unpaired) electrons. The minimum Gasteiger partial charge on any atom is -0.376 e. The first-order valence-electron chi connectivity index (χ1n) is 6.55. The summed E-state index contributed by atoms with van der Waals surface area (Å²) in [6.07, 6.45) is 7.80. The first kappa shape index (κ1) is 11.2. The summed E-state index contributed by atoms with van der Waals surface area (Å²) >= 11 is 0. The zero-order chi connectivity index (χ0) is 11.7. The molecule has 1 saturated carbocycles. The molecular weight excluding hydrogens is 216 g/mol. The Morgan fingerprint density at radius 1 is 1.47 bits per heavy atom. The summed E-state index contributed by atoms with van der Waals surface area (Å²) in [5, 5.41) is 8.24. The third kappa shape index (κ3) is 2.50. The van der Waals surface area contributed by atoms with Crippen molar-refractivity contribution in [3.63, 3.8) is 0 Å². The lowest BCUT2D eigenvalue weighted by Crippen LogP contribution is -2.37. The first-order chi connectivity index (χ1) is 8.31. The highest BCUT2D eigenvalue weighted by molar-refractivity contribution is 4.94.